The molecule has 0 unspecified atom stereocenters. The third-order valence-corrected chi connectivity index (χ3v) is 2.56. The first-order valence-corrected chi connectivity index (χ1v) is 5.82. The van der Waals surface area contributed by atoms with Crippen LogP contribution in [0, 0.1) is 0 Å². The van der Waals surface area contributed by atoms with Gasteiger partial charge in [0, 0.05) is 0 Å². The highest BCUT2D eigenvalue weighted by molar-refractivity contribution is 6.20. The SMILES string of the molecule is CCOC(=O)C1=C(O)/C(=C/c2ccccc2)NC1=O. The first-order chi connectivity index (χ1) is 9.13. The number of ether oxygens (including phenoxy) is 1. The molecule has 0 saturated carbocycles. The van der Waals surface area contributed by atoms with Crippen molar-refractivity contribution in [1.82, 2.24) is 5.32 Å². The van der Waals surface area contributed by atoms with Gasteiger partial charge in [0.25, 0.3) is 5.91 Å². The molecule has 1 aliphatic heterocycles. The number of hydrogen-bond donors (Lipinski definition) is 2. The number of aliphatic hydroxyl groups excluding tert-OH is 1. The largest absolute Gasteiger partial charge is 0.505 e. The van der Waals surface area contributed by atoms with Crippen molar-refractivity contribution in [2.24, 2.45) is 0 Å². The van der Waals surface area contributed by atoms with Crippen LogP contribution in [0.15, 0.2) is 47.4 Å². The van der Waals surface area contributed by atoms with E-state index in [9.17, 15) is 14.7 Å². The van der Waals surface area contributed by atoms with Crippen LogP contribution in [0.5, 0.6) is 0 Å². The van der Waals surface area contributed by atoms with Crippen LogP contribution in [0.25, 0.3) is 6.08 Å². The second-order valence-corrected chi connectivity index (χ2v) is 3.87. The fourth-order valence-electron chi connectivity index (χ4n) is 1.70. The zero-order chi connectivity index (χ0) is 13.8. The molecule has 1 amide bonds. The molecule has 5 heteroatoms. The minimum atomic E-state index is -0.825. The molecular weight excluding hydrogens is 246 g/mol. The summed E-state index contributed by atoms with van der Waals surface area (Å²) in [5.41, 5.74) is 0.637. The molecule has 0 saturated heterocycles. The van der Waals surface area contributed by atoms with Gasteiger partial charge in [-0.25, -0.2) is 4.79 Å². The molecule has 0 atom stereocenters. The summed E-state index contributed by atoms with van der Waals surface area (Å²) in [6, 6.07) is 9.14. The Hall–Kier alpha value is -2.56. The number of rotatable bonds is 3. The number of aliphatic hydroxyl groups is 1. The molecular formula is C14H13NO4. The van der Waals surface area contributed by atoms with Crippen LogP contribution in [-0.2, 0) is 14.3 Å². The Balaban J connectivity index is 2.33. The normalized spacial score (nSPS) is 16.7. The van der Waals surface area contributed by atoms with E-state index in [1.807, 2.05) is 30.3 Å². The highest BCUT2D eigenvalue weighted by atomic mass is 16.5. The smallest absolute Gasteiger partial charge is 0.347 e. The summed E-state index contributed by atoms with van der Waals surface area (Å²) in [6.07, 6.45) is 1.58. The van der Waals surface area contributed by atoms with Crippen molar-refractivity contribution in [1.29, 1.82) is 0 Å². The zero-order valence-corrected chi connectivity index (χ0v) is 10.3. The summed E-state index contributed by atoms with van der Waals surface area (Å²) in [6.45, 7) is 1.77. The first-order valence-electron chi connectivity index (χ1n) is 5.82. The minimum Gasteiger partial charge on any atom is -0.505 e. The predicted molar refractivity (Wildman–Crippen MR) is 68.8 cm³/mol. The molecule has 1 aromatic carbocycles. The maximum absolute atomic E-state index is 11.6. The van der Waals surface area contributed by atoms with Crippen molar-refractivity contribution < 1.29 is 19.4 Å². The van der Waals surface area contributed by atoms with Gasteiger partial charge in [-0.2, -0.15) is 0 Å². The van der Waals surface area contributed by atoms with Crippen molar-refractivity contribution >= 4 is 18.0 Å². The predicted octanol–water partition coefficient (Wildman–Crippen LogP) is 1.53. The molecule has 0 aliphatic carbocycles. The summed E-state index contributed by atoms with van der Waals surface area (Å²) < 4.78 is 4.72. The van der Waals surface area contributed by atoms with Crippen molar-refractivity contribution in [3.8, 4) is 0 Å². The van der Waals surface area contributed by atoms with Crippen LogP contribution in [0.1, 0.15) is 12.5 Å². The van der Waals surface area contributed by atoms with Gasteiger partial charge >= 0.3 is 5.97 Å². The van der Waals surface area contributed by atoms with E-state index in [1.165, 1.54) is 0 Å². The van der Waals surface area contributed by atoms with Crippen LogP contribution in [0.3, 0.4) is 0 Å². The number of esters is 1. The second kappa shape index (κ2) is 5.39. The van der Waals surface area contributed by atoms with Crippen LogP contribution in [0.2, 0.25) is 0 Å². The molecule has 0 spiro atoms. The minimum absolute atomic E-state index is 0.140. The van der Waals surface area contributed by atoms with Crippen LogP contribution in [-0.4, -0.2) is 23.6 Å². The van der Waals surface area contributed by atoms with E-state index in [2.05, 4.69) is 5.32 Å². The van der Waals surface area contributed by atoms with Gasteiger partial charge in [0.15, 0.2) is 11.3 Å². The molecule has 5 nitrogen and oxygen atoms in total. The van der Waals surface area contributed by atoms with Crippen molar-refractivity contribution in [3.05, 3.63) is 52.9 Å². The lowest BCUT2D eigenvalue weighted by molar-refractivity contribution is -0.140. The van der Waals surface area contributed by atoms with E-state index < -0.39 is 11.9 Å². The Labute approximate surface area is 110 Å². The van der Waals surface area contributed by atoms with Gasteiger partial charge in [-0.15, -0.1) is 0 Å². The summed E-state index contributed by atoms with van der Waals surface area (Å²) in [4.78, 5) is 23.2. The van der Waals surface area contributed by atoms with Gasteiger partial charge in [-0.05, 0) is 18.6 Å². The lowest BCUT2D eigenvalue weighted by Gasteiger charge is -1.99. The number of carbonyl (C=O) groups excluding carboxylic acids is 2. The van der Waals surface area contributed by atoms with Crippen molar-refractivity contribution in [3.63, 3.8) is 0 Å². The Morgan fingerprint density at radius 2 is 2.05 bits per heavy atom. The number of carbonyl (C=O) groups is 2. The first kappa shape index (κ1) is 12.9. The number of amides is 1. The van der Waals surface area contributed by atoms with E-state index in [0.717, 1.165) is 5.56 Å². The average Bonchev–Trinajstić information content (AvgIpc) is 2.66. The molecule has 0 radical (unpaired) electrons. The maximum Gasteiger partial charge on any atom is 0.347 e. The van der Waals surface area contributed by atoms with Gasteiger partial charge in [-0.1, -0.05) is 30.3 Å². The van der Waals surface area contributed by atoms with Crippen molar-refractivity contribution in [2.45, 2.75) is 6.92 Å². The van der Waals surface area contributed by atoms with Crippen LogP contribution < -0.4 is 5.32 Å². The lowest BCUT2D eigenvalue weighted by Crippen LogP contribution is -2.21. The molecule has 2 rings (SSSR count). The highest BCUT2D eigenvalue weighted by Gasteiger charge is 2.33. The molecule has 98 valence electrons. The molecule has 0 aromatic heterocycles. The molecule has 0 fully saturated rings. The molecule has 0 bridgehead atoms. The van der Waals surface area contributed by atoms with Gasteiger partial charge < -0.3 is 15.2 Å². The molecule has 1 aromatic rings. The van der Waals surface area contributed by atoms with E-state index in [-0.39, 0.29) is 23.6 Å². The van der Waals surface area contributed by atoms with E-state index >= 15 is 0 Å². The summed E-state index contributed by atoms with van der Waals surface area (Å²) >= 11 is 0. The monoisotopic (exact) mass is 259 g/mol. The Kier molecular flexibility index (Phi) is 3.66. The molecule has 19 heavy (non-hydrogen) atoms. The molecule has 1 aliphatic rings. The average molecular weight is 259 g/mol. The fraction of sp³-hybridized carbons (Fsp3) is 0.143. The summed E-state index contributed by atoms with van der Waals surface area (Å²) in [5, 5.41) is 12.3. The van der Waals surface area contributed by atoms with E-state index in [1.54, 1.807) is 13.0 Å². The number of hydrogen-bond acceptors (Lipinski definition) is 4. The van der Waals surface area contributed by atoms with Crippen LogP contribution in [0.4, 0.5) is 0 Å². The summed E-state index contributed by atoms with van der Waals surface area (Å²) in [5.74, 6) is -1.86. The van der Waals surface area contributed by atoms with E-state index in [4.69, 9.17) is 4.74 Å². The van der Waals surface area contributed by atoms with Gasteiger partial charge in [0.1, 0.15) is 0 Å². The number of nitrogens with one attached hydrogen (secondary N) is 1. The maximum atomic E-state index is 11.6. The molecule has 2 N–H and O–H groups in total. The lowest BCUT2D eigenvalue weighted by atomic mass is 10.1. The highest BCUT2D eigenvalue weighted by Crippen LogP contribution is 2.21. The summed E-state index contributed by atoms with van der Waals surface area (Å²) in [7, 11) is 0. The third-order valence-electron chi connectivity index (χ3n) is 2.56. The standard InChI is InChI=1S/C14H13NO4/c1-2-19-14(18)11-12(16)10(15-13(11)17)8-9-6-4-3-5-7-9/h3-8,16H,2H2,1H3,(H,15,17)/b10-8-. The quantitative estimate of drug-likeness (QED) is 0.637. The zero-order valence-electron chi connectivity index (χ0n) is 10.3. The van der Waals surface area contributed by atoms with Crippen LogP contribution >= 0.6 is 0 Å². The Morgan fingerprint density at radius 1 is 1.37 bits per heavy atom. The van der Waals surface area contributed by atoms with Gasteiger partial charge in [-0.3, -0.25) is 4.79 Å². The van der Waals surface area contributed by atoms with E-state index in [0.29, 0.717) is 0 Å². The van der Waals surface area contributed by atoms with Gasteiger partial charge in [0.2, 0.25) is 0 Å². The fourth-order valence-corrected chi connectivity index (χ4v) is 1.70. The topological polar surface area (TPSA) is 75.6 Å². The third kappa shape index (κ3) is 2.65. The number of benzene rings is 1. The molecule has 1 heterocycles. The second-order valence-electron chi connectivity index (χ2n) is 3.87. The van der Waals surface area contributed by atoms with Gasteiger partial charge in [0.05, 0.1) is 12.3 Å². The van der Waals surface area contributed by atoms with Crippen molar-refractivity contribution in [2.75, 3.05) is 6.61 Å². The Bertz CT molecular complexity index is 572. The Morgan fingerprint density at radius 3 is 2.68 bits per heavy atom.